The summed E-state index contributed by atoms with van der Waals surface area (Å²) in [5.74, 6) is 0.490. The van der Waals surface area contributed by atoms with E-state index in [9.17, 15) is 10.2 Å². The Kier molecular flexibility index (Phi) is 3.66. The SMILES string of the molecule is Oc1cc(Cl)cnc1-c1nnc(NC2CC(O)C2)c2ncccc12. The molecule has 3 aromatic rings. The number of anilines is 1. The summed E-state index contributed by atoms with van der Waals surface area (Å²) in [6.45, 7) is 0. The summed E-state index contributed by atoms with van der Waals surface area (Å²) in [5.41, 5.74) is 1.38. The number of rotatable bonds is 3. The van der Waals surface area contributed by atoms with Crippen molar-refractivity contribution in [2.45, 2.75) is 25.0 Å². The van der Waals surface area contributed by atoms with Crippen molar-refractivity contribution in [3.8, 4) is 17.1 Å². The Morgan fingerprint density at radius 2 is 2.00 bits per heavy atom. The Hall–Kier alpha value is -2.51. The number of hydrogen-bond donors (Lipinski definition) is 3. The monoisotopic (exact) mass is 343 g/mol. The highest BCUT2D eigenvalue weighted by Gasteiger charge is 2.28. The van der Waals surface area contributed by atoms with Gasteiger partial charge in [0.15, 0.2) is 5.82 Å². The summed E-state index contributed by atoms with van der Waals surface area (Å²) in [5, 5.41) is 32.3. The molecule has 7 nitrogen and oxygen atoms in total. The first-order chi connectivity index (χ1) is 11.6. The number of halogens is 1. The lowest BCUT2D eigenvalue weighted by molar-refractivity contribution is 0.0835. The lowest BCUT2D eigenvalue weighted by Crippen LogP contribution is -2.39. The minimum atomic E-state index is -0.260. The quantitative estimate of drug-likeness (QED) is 0.670. The maximum Gasteiger partial charge on any atom is 0.175 e. The zero-order valence-corrected chi connectivity index (χ0v) is 13.3. The van der Waals surface area contributed by atoms with Crippen LogP contribution in [0.25, 0.3) is 22.3 Å². The second-order valence-corrected chi connectivity index (χ2v) is 6.22. The number of fused-ring (bicyclic) bond motifs is 1. The highest BCUT2D eigenvalue weighted by molar-refractivity contribution is 6.30. The molecule has 24 heavy (non-hydrogen) atoms. The minimum absolute atomic E-state index is 0.0650. The van der Waals surface area contributed by atoms with E-state index in [1.807, 2.05) is 6.07 Å². The number of nitrogens with one attached hydrogen (secondary N) is 1. The van der Waals surface area contributed by atoms with E-state index >= 15 is 0 Å². The van der Waals surface area contributed by atoms with Crippen LogP contribution in [0.1, 0.15) is 12.8 Å². The number of pyridine rings is 2. The third kappa shape index (κ3) is 2.61. The highest BCUT2D eigenvalue weighted by atomic mass is 35.5. The summed E-state index contributed by atoms with van der Waals surface area (Å²) in [6, 6.07) is 5.21. The Bertz CT molecular complexity index is 914. The zero-order valence-electron chi connectivity index (χ0n) is 12.5. The first-order valence-corrected chi connectivity index (χ1v) is 7.90. The third-order valence-electron chi connectivity index (χ3n) is 4.05. The number of aromatic hydroxyl groups is 1. The van der Waals surface area contributed by atoms with E-state index in [0.29, 0.717) is 40.6 Å². The minimum Gasteiger partial charge on any atom is -0.506 e. The van der Waals surface area contributed by atoms with Gasteiger partial charge < -0.3 is 15.5 Å². The molecule has 0 radical (unpaired) electrons. The molecule has 3 N–H and O–H groups in total. The van der Waals surface area contributed by atoms with Gasteiger partial charge in [-0.25, -0.2) is 4.98 Å². The molecule has 0 spiro atoms. The van der Waals surface area contributed by atoms with Crippen LogP contribution in [0, 0.1) is 0 Å². The molecule has 1 aliphatic rings. The summed E-state index contributed by atoms with van der Waals surface area (Å²) < 4.78 is 0. The van der Waals surface area contributed by atoms with Crippen molar-refractivity contribution < 1.29 is 10.2 Å². The maximum absolute atomic E-state index is 10.1. The number of aromatic nitrogens is 4. The molecular formula is C16H14ClN5O2. The van der Waals surface area contributed by atoms with Gasteiger partial charge in [0, 0.05) is 29.9 Å². The van der Waals surface area contributed by atoms with Crippen molar-refractivity contribution in [2.75, 3.05) is 5.32 Å². The first kappa shape index (κ1) is 15.0. The summed E-state index contributed by atoms with van der Waals surface area (Å²) >= 11 is 5.84. The van der Waals surface area contributed by atoms with E-state index < -0.39 is 0 Å². The van der Waals surface area contributed by atoms with E-state index in [-0.39, 0.29) is 17.9 Å². The standard InChI is InChI=1S/C16H14ClN5O2/c17-8-4-12(24)15(19-7-8)13-11-2-1-3-18-14(11)16(22-21-13)20-9-5-10(23)6-9/h1-4,7,9-10,23-24H,5-6H2,(H,20,22). The van der Waals surface area contributed by atoms with Crippen molar-refractivity contribution in [2.24, 2.45) is 0 Å². The third-order valence-corrected chi connectivity index (χ3v) is 4.26. The summed E-state index contributed by atoms with van der Waals surface area (Å²) in [6.07, 6.45) is 4.21. The second kappa shape index (κ2) is 5.85. The zero-order chi connectivity index (χ0) is 16.7. The van der Waals surface area contributed by atoms with E-state index in [1.54, 1.807) is 12.3 Å². The molecule has 1 saturated carbocycles. The van der Waals surface area contributed by atoms with Crippen molar-refractivity contribution >= 4 is 28.3 Å². The van der Waals surface area contributed by atoms with Gasteiger partial charge in [0.1, 0.15) is 22.7 Å². The van der Waals surface area contributed by atoms with Gasteiger partial charge in [-0.1, -0.05) is 11.6 Å². The van der Waals surface area contributed by atoms with E-state index in [1.165, 1.54) is 12.3 Å². The van der Waals surface area contributed by atoms with E-state index in [0.717, 1.165) is 5.39 Å². The fourth-order valence-corrected chi connectivity index (χ4v) is 2.92. The van der Waals surface area contributed by atoms with Gasteiger partial charge in [0.2, 0.25) is 0 Å². The van der Waals surface area contributed by atoms with Gasteiger partial charge in [0.05, 0.1) is 11.1 Å². The second-order valence-electron chi connectivity index (χ2n) is 5.78. The van der Waals surface area contributed by atoms with Crippen molar-refractivity contribution in [1.82, 2.24) is 20.2 Å². The van der Waals surface area contributed by atoms with Gasteiger partial charge in [-0.2, -0.15) is 0 Å². The van der Waals surface area contributed by atoms with Crippen LogP contribution in [0.15, 0.2) is 30.6 Å². The molecule has 4 rings (SSSR count). The Morgan fingerprint density at radius 1 is 1.17 bits per heavy atom. The van der Waals surface area contributed by atoms with Crippen LogP contribution in [0.5, 0.6) is 5.75 Å². The molecule has 3 heterocycles. The summed E-state index contributed by atoms with van der Waals surface area (Å²) in [7, 11) is 0. The van der Waals surface area contributed by atoms with Crippen LogP contribution in [0.4, 0.5) is 5.82 Å². The van der Waals surface area contributed by atoms with Crippen LogP contribution in [0.2, 0.25) is 5.02 Å². The molecule has 0 saturated heterocycles. The van der Waals surface area contributed by atoms with Gasteiger partial charge >= 0.3 is 0 Å². The van der Waals surface area contributed by atoms with E-state index in [2.05, 4.69) is 25.5 Å². The molecule has 0 bridgehead atoms. The Morgan fingerprint density at radius 3 is 2.75 bits per heavy atom. The normalized spacial score (nSPS) is 19.9. The summed E-state index contributed by atoms with van der Waals surface area (Å²) in [4.78, 5) is 8.54. The smallest absolute Gasteiger partial charge is 0.175 e. The van der Waals surface area contributed by atoms with Crippen LogP contribution < -0.4 is 5.32 Å². The fourth-order valence-electron chi connectivity index (χ4n) is 2.77. The van der Waals surface area contributed by atoms with Crippen LogP contribution in [-0.2, 0) is 0 Å². The molecule has 1 aliphatic carbocycles. The highest BCUT2D eigenvalue weighted by Crippen LogP contribution is 2.34. The van der Waals surface area contributed by atoms with Crippen molar-refractivity contribution in [3.05, 3.63) is 35.6 Å². The Balaban J connectivity index is 1.80. The number of aliphatic hydroxyl groups is 1. The molecule has 0 unspecified atom stereocenters. The van der Waals surface area contributed by atoms with Gasteiger partial charge in [0.25, 0.3) is 0 Å². The topological polar surface area (TPSA) is 104 Å². The molecule has 0 aliphatic heterocycles. The molecule has 0 aromatic carbocycles. The van der Waals surface area contributed by atoms with Gasteiger partial charge in [-0.05, 0) is 25.0 Å². The average molecular weight is 344 g/mol. The van der Waals surface area contributed by atoms with E-state index in [4.69, 9.17) is 11.6 Å². The van der Waals surface area contributed by atoms with Crippen LogP contribution in [0.3, 0.4) is 0 Å². The van der Waals surface area contributed by atoms with Crippen LogP contribution in [-0.4, -0.2) is 42.5 Å². The average Bonchev–Trinajstić information content (AvgIpc) is 2.54. The number of hydrogen-bond acceptors (Lipinski definition) is 7. The Labute approximate surface area is 142 Å². The van der Waals surface area contributed by atoms with Crippen molar-refractivity contribution in [3.63, 3.8) is 0 Å². The lowest BCUT2D eigenvalue weighted by atomic mass is 9.89. The van der Waals surface area contributed by atoms with Crippen LogP contribution >= 0.6 is 11.6 Å². The predicted molar refractivity (Wildman–Crippen MR) is 89.9 cm³/mol. The molecular weight excluding hydrogens is 330 g/mol. The predicted octanol–water partition coefficient (Wildman–Crippen LogP) is 2.38. The maximum atomic E-state index is 10.1. The molecule has 122 valence electrons. The molecule has 0 amide bonds. The molecule has 3 aromatic heterocycles. The number of nitrogens with zero attached hydrogens (tertiary/aromatic N) is 4. The lowest BCUT2D eigenvalue weighted by Gasteiger charge is -2.32. The molecule has 1 fully saturated rings. The van der Waals surface area contributed by atoms with Gasteiger partial charge in [-0.15, -0.1) is 10.2 Å². The van der Waals surface area contributed by atoms with Crippen molar-refractivity contribution in [1.29, 1.82) is 0 Å². The first-order valence-electron chi connectivity index (χ1n) is 7.52. The number of aliphatic hydroxyl groups excluding tert-OH is 1. The molecule has 0 atom stereocenters. The fraction of sp³-hybridized carbons (Fsp3) is 0.250. The molecule has 8 heteroatoms. The van der Waals surface area contributed by atoms with Gasteiger partial charge in [-0.3, -0.25) is 4.98 Å². The largest absolute Gasteiger partial charge is 0.506 e.